The van der Waals surface area contributed by atoms with Gasteiger partial charge in [0.2, 0.25) is 0 Å². The molecular formula is C20H25N3O3. The summed E-state index contributed by atoms with van der Waals surface area (Å²) in [5.41, 5.74) is 1.30. The first-order valence-corrected chi connectivity index (χ1v) is 9.02. The Kier molecular flexibility index (Phi) is 5.61. The third-order valence-corrected chi connectivity index (χ3v) is 4.39. The molecule has 0 saturated carbocycles. The second kappa shape index (κ2) is 8.08. The summed E-state index contributed by atoms with van der Waals surface area (Å²) in [6.45, 7) is 6.34. The number of nitrogens with zero attached hydrogens (tertiary/aromatic N) is 2. The third-order valence-electron chi connectivity index (χ3n) is 4.39. The lowest BCUT2D eigenvalue weighted by Crippen LogP contribution is -2.37. The highest BCUT2D eigenvalue weighted by Crippen LogP contribution is 2.16. The SMILES string of the molecule is CC(C)Oc1ccc(C(=O)N2CCCN(C(=O)c3cc[nH]c3)CC2)cc1. The van der Waals surface area contributed by atoms with Crippen LogP contribution in [-0.2, 0) is 0 Å². The third kappa shape index (κ3) is 4.25. The van der Waals surface area contributed by atoms with Gasteiger partial charge in [0.25, 0.3) is 11.8 Å². The topological polar surface area (TPSA) is 65.6 Å². The van der Waals surface area contributed by atoms with Crippen LogP contribution in [0.15, 0.2) is 42.7 Å². The van der Waals surface area contributed by atoms with Gasteiger partial charge in [0.15, 0.2) is 0 Å². The zero-order valence-electron chi connectivity index (χ0n) is 15.3. The lowest BCUT2D eigenvalue weighted by atomic mass is 10.2. The zero-order chi connectivity index (χ0) is 18.5. The fraction of sp³-hybridized carbons (Fsp3) is 0.400. The highest BCUT2D eigenvalue weighted by molar-refractivity contribution is 5.95. The van der Waals surface area contributed by atoms with Crippen molar-refractivity contribution in [3.8, 4) is 5.75 Å². The van der Waals surface area contributed by atoms with Crippen LogP contribution in [0.1, 0.15) is 41.0 Å². The molecule has 1 saturated heterocycles. The van der Waals surface area contributed by atoms with Crippen LogP contribution in [0.4, 0.5) is 0 Å². The van der Waals surface area contributed by atoms with Crippen molar-refractivity contribution < 1.29 is 14.3 Å². The molecule has 0 atom stereocenters. The Morgan fingerprint density at radius 2 is 1.54 bits per heavy atom. The predicted octanol–water partition coefficient (Wildman–Crippen LogP) is 2.79. The fourth-order valence-corrected chi connectivity index (χ4v) is 3.09. The number of carbonyl (C=O) groups is 2. The molecule has 1 fully saturated rings. The fourth-order valence-electron chi connectivity index (χ4n) is 3.09. The molecule has 2 heterocycles. The van der Waals surface area contributed by atoms with Crippen molar-refractivity contribution in [2.75, 3.05) is 26.2 Å². The van der Waals surface area contributed by atoms with E-state index in [1.54, 1.807) is 30.6 Å². The summed E-state index contributed by atoms with van der Waals surface area (Å²) in [4.78, 5) is 31.8. The first-order valence-electron chi connectivity index (χ1n) is 9.02. The molecule has 0 radical (unpaired) electrons. The lowest BCUT2D eigenvalue weighted by molar-refractivity contribution is 0.0719. The van der Waals surface area contributed by atoms with E-state index in [2.05, 4.69) is 4.98 Å². The van der Waals surface area contributed by atoms with Gasteiger partial charge in [-0.2, -0.15) is 0 Å². The summed E-state index contributed by atoms with van der Waals surface area (Å²) in [5, 5.41) is 0. The van der Waals surface area contributed by atoms with Crippen LogP contribution in [0, 0.1) is 0 Å². The van der Waals surface area contributed by atoms with Crippen molar-refractivity contribution in [2.24, 2.45) is 0 Å². The zero-order valence-corrected chi connectivity index (χ0v) is 15.3. The monoisotopic (exact) mass is 355 g/mol. The van der Waals surface area contributed by atoms with Crippen molar-refractivity contribution in [1.82, 2.24) is 14.8 Å². The van der Waals surface area contributed by atoms with Crippen LogP contribution in [0.3, 0.4) is 0 Å². The van der Waals surface area contributed by atoms with Gasteiger partial charge in [-0.3, -0.25) is 9.59 Å². The molecule has 1 aliphatic rings. The molecule has 0 aliphatic carbocycles. The summed E-state index contributed by atoms with van der Waals surface area (Å²) in [5.74, 6) is 0.767. The maximum absolute atomic E-state index is 12.8. The number of hydrogen-bond donors (Lipinski definition) is 1. The van der Waals surface area contributed by atoms with Gasteiger partial charge in [0.1, 0.15) is 5.75 Å². The van der Waals surface area contributed by atoms with E-state index in [1.807, 2.05) is 35.8 Å². The Bertz CT molecular complexity index is 738. The summed E-state index contributed by atoms with van der Waals surface area (Å²) in [6.07, 6.45) is 4.33. The number of carbonyl (C=O) groups excluding carboxylic acids is 2. The minimum absolute atomic E-state index is 0.00274. The lowest BCUT2D eigenvalue weighted by Gasteiger charge is -2.22. The minimum atomic E-state index is -0.00274. The maximum Gasteiger partial charge on any atom is 0.255 e. The highest BCUT2D eigenvalue weighted by atomic mass is 16.5. The number of aromatic amines is 1. The largest absolute Gasteiger partial charge is 0.491 e. The summed E-state index contributed by atoms with van der Waals surface area (Å²) < 4.78 is 5.62. The second-order valence-electron chi connectivity index (χ2n) is 6.73. The molecule has 2 aromatic rings. The molecule has 1 aromatic heterocycles. The van der Waals surface area contributed by atoms with Crippen molar-refractivity contribution in [3.05, 3.63) is 53.9 Å². The van der Waals surface area contributed by atoms with Crippen LogP contribution in [0.2, 0.25) is 0 Å². The van der Waals surface area contributed by atoms with E-state index < -0.39 is 0 Å². The van der Waals surface area contributed by atoms with E-state index >= 15 is 0 Å². The second-order valence-corrected chi connectivity index (χ2v) is 6.73. The average Bonchev–Trinajstić information content (AvgIpc) is 3.05. The van der Waals surface area contributed by atoms with E-state index in [9.17, 15) is 9.59 Å². The summed E-state index contributed by atoms with van der Waals surface area (Å²) >= 11 is 0. The Hall–Kier alpha value is -2.76. The Balaban J connectivity index is 1.61. The van der Waals surface area contributed by atoms with Crippen LogP contribution in [0.25, 0.3) is 0 Å². The molecular weight excluding hydrogens is 330 g/mol. The molecule has 6 nitrogen and oxygen atoms in total. The van der Waals surface area contributed by atoms with Gasteiger partial charge in [-0.1, -0.05) is 0 Å². The number of amides is 2. The number of hydrogen-bond acceptors (Lipinski definition) is 3. The molecule has 0 spiro atoms. The number of aromatic nitrogens is 1. The molecule has 3 rings (SSSR count). The highest BCUT2D eigenvalue weighted by Gasteiger charge is 2.23. The van der Waals surface area contributed by atoms with Gasteiger partial charge < -0.3 is 19.5 Å². The number of H-pyrrole nitrogens is 1. The van der Waals surface area contributed by atoms with Crippen molar-refractivity contribution in [1.29, 1.82) is 0 Å². The molecule has 0 unspecified atom stereocenters. The number of nitrogens with one attached hydrogen (secondary N) is 1. The normalized spacial score (nSPS) is 15.0. The molecule has 1 N–H and O–H groups in total. The molecule has 138 valence electrons. The predicted molar refractivity (Wildman–Crippen MR) is 99.4 cm³/mol. The molecule has 1 aromatic carbocycles. The van der Waals surface area contributed by atoms with Crippen LogP contribution in [-0.4, -0.2) is 58.9 Å². The van der Waals surface area contributed by atoms with Crippen molar-refractivity contribution >= 4 is 11.8 Å². The van der Waals surface area contributed by atoms with E-state index in [4.69, 9.17) is 4.74 Å². The Morgan fingerprint density at radius 1 is 0.923 bits per heavy atom. The Morgan fingerprint density at radius 3 is 2.08 bits per heavy atom. The van der Waals surface area contributed by atoms with Gasteiger partial charge in [0, 0.05) is 44.1 Å². The number of ether oxygens (including phenoxy) is 1. The first kappa shape index (κ1) is 18.0. The smallest absolute Gasteiger partial charge is 0.255 e. The minimum Gasteiger partial charge on any atom is -0.491 e. The van der Waals surface area contributed by atoms with Gasteiger partial charge in [-0.05, 0) is 50.6 Å². The van der Waals surface area contributed by atoms with Gasteiger partial charge in [0.05, 0.1) is 11.7 Å². The van der Waals surface area contributed by atoms with Crippen molar-refractivity contribution in [2.45, 2.75) is 26.4 Å². The number of benzene rings is 1. The van der Waals surface area contributed by atoms with E-state index in [1.165, 1.54) is 0 Å². The average molecular weight is 355 g/mol. The summed E-state index contributed by atoms with van der Waals surface area (Å²) in [7, 11) is 0. The molecule has 26 heavy (non-hydrogen) atoms. The van der Waals surface area contributed by atoms with E-state index in [-0.39, 0.29) is 17.9 Å². The summed E-state index contributed by atoms with van der Waals surface area (Å²) in [6, 6.07) is 9.03. The quantitative estimate of drug-likeness (QED) is 0.917. The van der Waals surface area contributed by atoms with Crippen LogP contribution >= 0.6 is 0 Å². The van der Waals surface area contributed by atoms with Gasteiger partial charge >= 0.3 is 0 Å². The van der Waals surface area contributed by atoms with E-state index in [0.717, 1.165) is 12.2 Å². The molecule has 1 aliphatic heterocycles. The van der Waals surface area contributed by atoms with E-state index in [0.29, 0.717) is 37.3 Å². The van der Waals surface area contributed by atoms with Crippen LogP contribution in [0.5, 0.6) is 5.75 Å². The maximum atomic E-state index is 12.8. The van der Waals surface area contributed by atoms with Gasteiger partial charge in [-0.15, -0.1) is 0 Å². The Labute approximate surface area is 153 Å². The first-order chi connectivity index (χ1) is 12.5. The van der Waals surface area contributed by atoms with Gasteiger partial charge in [-0.25, -0.2) is 0 Å². The standard InChI is InChI=1S/C20H25N3O3/c1-15(2)26-18-6-4-16(5-7-18)19(24)22-10-3-11-23(13-12-22)20(25)17-8-9-21-14-17/h4-9,14-15,21H,3,10-13H2,1-2H3. The van der Waals surface area contributed by atoms with Crippen LogP contribution < -0.4 is 4.74 Å². The molecule has 2 amide bonds. The number of rotatable bonds is 4. The van der Waals surface area contributed by atoms with Crippen molar-refractivity contribution in [3.63, 3.8) is 0 Å². The molecule has 0 bridgehead atoms. The molecule has 6 heteroatoms.